The van der Waals surface area contributed by atoms with Crippen LogP contribution < -0.4 is 0 Å². The number of carbonyl (C=O) groups is 2. The molecular weight excluding hydrogens is 134 g/mol. The number of amides is 1. The first-order chi connectivity index (χ1) is 4.61. The van der Waals surface area contributed by atoms with Crippen LogP contribution in [0.4, 0.5) is 0 Å². The molecule has 4 nitrogen and oxygen atoms in total. The molecular formula is C6H9NO3. The van der Waals surface area contributed by atoms with E-state index < -0.39 is 12.1 Å². The molecule has 1 unspecified atom stereocenters. The first-order valence-electron chi connectivity index (χ1n) is 3.03. The fraction of sp³-hybridized carbons (Fsp3) is 0.667. The van der Waals surface area contributed by atoms with Crippen LogP contribution in [0.15, 0.2) is 0 Å². The lowest BCUT2D eigenvalue weighted by molar-refractivity contribution is -0.170. The number of β-lactam (4-membered cyclic amide) rings is 1. The van der Waals surface area contributed by atoms with Gasteiger partial charge in [-0.2, -0.15) is 0 Å². The minimum Gasteiger partial charge on any atom is -0.451 e. The Morgan fingerprint density at radius 3 is 2.70 bits per heavy atom. The zero-order valence-corrected chi connectivity index (χ0v) is 5.96. The van der Waals surface area contributed by atoms with Gasteiger partial charge in [0.05, 0.1) is 6.54 Å². The van der Waals surface area contributed by atoms with Crippen molar-refractivity contribution in [1.29, 1.82) is 0 Å². The van der Waals surface area contributed by atoms with Crippen LogP contribution in [-0.4, -0.2) is 36.5 Å². The van der Waals surface area contributed by atoms with Gasteiger partial charge >= 0.3 is 5.97 Å². The van der Waals surface area contributed by atoms with Crippen LogP contribution in [0.3, 0.4) is 0 Å². The topological polar surface area (TPSA) is 46.6 Å². The summed E-state index contributed by atoms with van der Waals surface area (Å²) in [6.07, 6.45) is -0.512. The molecule has 0 aromatic carbocycles. The Kier molecular flexibility index (Phi) is 1.61. The first kappa shape index (κ1) is 7.05. The molecule has 1 saturated heterocycles. The summed E-state index contributed by atoms with van der Waals surface area (Å²) < 4.78 is 4.64. The molecule has 0 saturated carbocycles. The zero-order chi connectivity index (χ0) is 7.72. The van der Waals surface area contributed by atoms with Crippen LogP contribution in [0.2, 0.25) is 0 Å². The van der Waals surface area contributed by atoms with E-state index in [2.05, 4.69) is 4.74 Å². The molecule has 10 heavy (non-hydrogen) atoms. The molecule has 1 rings (SSSR count). The Morgan fingerprint density at radius 1 is 1.80 bits per heavy atom. The smallest absolute Gasteiger partial charge is 0.303 e. The van der Waals surface area contributed by atoms with Gasteiger partial charge in [0, 0.05) is 14.0 Å². The first-order valence-corrected chi connectivity index (χ1v) is 3.03. The number of hydrogen-bond acceptors (Lipinski definition) is 3. The van der Waals surface area contributed by atoms with Crippen molar-refractivity contribution in [3.63, 3.8) is 0 Å². The molecule has 1 atom stereocenters. The number of carbonyl (C=O) groups excluding carboxylic acids is 2. The molecule has 4 heteroatoms. The van der Waals surface area contributed by atoms with Crippen LogP contribution in [0.25, 0.3) is 0 Å². The maximum atomic E-state index is 10.7. The second kappa shape index (κ2) is 2.28. The number of likely N-dealkylation sites (tertiary alicyclic amines) is 1. The SMILES string of the molecule is CC(=O)OC1CN(C)C1=O. The summed E-state index contributed by atoms with van der Waals surface area (Å²) in [5.74, 6) is -0.512. The zero-order valence-electron chi connectivity index (χ0n) is 5.96. The van der Waals surface area contributed by atoms with Crippen LogP contribution in [0.5, 0.6) is 0 Å². The van der Waals surface area contributed by atoms with Crippen molar-refractivity contribution < 1.29 is 14.3 Å². The lowest BCUT2D eigenvalue weighted by atomic mass is 10.2. The number of rotatable bonds is 1. The highest BCUT2D eigenvalue weighted by Gasteiger charge is 2.36. The number of hydrogen-bond donors (Lipinski definition) is 0. The van der Waals surface area contributed by atoms with Crippen molar-refractivity contribution in [1.82, 2.24) is 4.90 Å². The van der Waals surface area contributed by atoms with Crippen LogP contribution >= 0.6 is 0 Å². The van der Waals surface area contributed by atoms with E-state index in [1.54, 1.807) is 7.05 Å². The quantitative estimate of drug-likeness (QED) is 0.363. The lowest BCUT2D eigenvalue weighted by Gasteiger charge is -2.33. The van der Waals surface area contributed by atoms with E-state index in [4.69, 9.17) is 0 Å². The summed E-state index contributed by atoms with van der Waals surface area (Å²) in [5.41, 5.74) is 0. The molecule has 0 bridgehead atoms. The van der Waals surface area contributed by atoms with Gasteiger partial charge in [-0.25, -0.2) is 0 Å². The summed E-state index contributed by atoms with van der Waals surface area (Å²) in [7, 11) is 1.67. The van der Waals surface area contributed by atoms with Crippen molar-refractivity contribution in [3.05, 3.63) is 0 Å². The molecule has 0 N–H and O–H groups in total. The van der Waals surface area contributed by atoms with Gasteiger partial charge in [-0.1, -0.05) is 0 Å². The van der Waals surface area contributed by atoms with Gasteiger partial charge in [0.25, 0.3) is 5.91 Å². The van der Waals surface area contributed by atoms with E-state index in [-0.39, 0.29) is 5.91 Å². The van der Waals surface area contributed by atoms with E-state index >= 15 is 0 Å². The third-order valence-electron chi connectivity index (χ3n) is 1.40. The second-order valence-corrected chi connectivity index (χ2v) is 2.32. The number of nitrogens with zero attached hydrogens (tertiary/aromatic N) is 1. The standard InChI is InChI=1S/C6H9NO3/c1-4(8)10-5-3-7(2)6(5)9/h5H,3H2,1-2H3. The van der Waals surface area contributed by atoms with Crippen molar-refractivity contribution >= 4 is 11.9 Å². The second-order valence-electron chi connectivity index (χ2n) is 2.32. The Bertz CT molecular complexity index is 178. The molecule has 0 aromatic heterocycles. The molecule has 0 aromatic rings. The van der Waals surface area contributed by atoms with Gasteiger partial charge in [0.1, 0.15) is 0 Å². The van der Waals surface area contributed by atoms with Crippen LogP contribution in [0.1, 0.15) is 6.92 Å². The van der Waals surface area contributed by atoms with Gasteiger partial charge < -0.3 is 9.64 Å². The van der Waals surface area contributed by atoms with E-state index in [0.29, 0.717) is 6.54 Å². The van der Waals surface area contributed by atoms with E-state index in [9.17, 15) is 9.59 Å². The Labute approximate surface area is 58.8 Å². The van der Waals surface area contributed by atoms with Gasteiger partial charge in [0.2, 0.25) is 0 Å². The average molecular weight is 143 g/mol. The van der Waals surface area contributed by atoms with Crippen LogP contribution in [-0.2, 0) is 14.3 Å². The van der Waals surface area contributed by atoms with Gasteiger partial charge in [-0.3, -0.25) is 9.59 Å². The van der Waals surface area contributed by atoms with Crippen molar-refractivity contribution in [2.24, 2.45) is 0 Å². The average Bonchev–Trinajstić information content (AvgIpc) is 1.86. The predicted octanol–water partition coefficient (Wildman–Crippen LogP) is -0.610. The summed E-state index contributed by atoms with van der Waals surface area (Å²) in [6, 6.07) is 0. The fourth-order valence-electron chi connectivity index (χ4n) is 0.838. The van der Waals surface area contributed by atoms with Gasteiger partial charge in [-0.15, -0.1) is 0 Å². The molecule has 1 heterocycles. The summed E-state index contributed by atoms with van der Waals surface area (Å²) >= 11 is 0. The summed E-state index contributed by atoms with van der Waals surface area (Å²) in [6.45, 7) is 1.82. The van der Waals surface area contributed by atoms with Gasteiger partial charge in [-0.05, 0) is 0 Å². The highest BCUT2D eigenvalue weighted by Crippen LogP contribution is 2.10. The minimum atomic E-state index is -0.512. The van der Waals surface area contributed by atoms with Crippen molar-refractivity contribution in [3.8, 4) is 0 Å². The van der Waals surface area contributed by atoms with Crippen molar-refractivity contribution in [2.75, 3.05) is 13.6 Å². The molecule has 1 fully saturated rings. The highest BCUT2D eigenvalue weighted by atomic mass is 16.6. The van der Waals surface area contributed by atoms with E-state index in [1.165, 1.54) is 11.8 Å². The number of esters is 1. The normalized spacial score (nSPS) is 24.0. The monoisotopic (exact) mass is 143 g/mol. The Morgan fingerprint density at radius 2 is 2.40 bits per heavy atom. The molecule has 1 aliphatic rings. The Balaban J connectivity index is 2.34. The van der Waals surface area contributed by atoms with Crippen molar-refractivity contribution in [2.45, 2.75) is 13.0 Å². The summed E-state index contributed by atoms with van der Waals surface area (Å²) in [4.78, 5) is 22.6. The molecule has 0 aliphatic carbocycles. The third kappa shape index (κ3) is 1.10. The van der Waals surface area contributed by atoms with Gasteiger partial charge in [0.15, 0.2) is 6.10 Å². The molecule has 1 aliphatic heterocycles. The molecule has 0 spiro atoms. The fourth-order valence-corrected chi connectivity index (χ4v) is 0.838. The predicted molar refractivity (Wildman–Crippen MR) is 33.2 cm³/mol. The lowest BCUT2D eigenvalue weighted by Crippen LogP contribution is -2.55. The number of ether oxygens (including phenoxy) is 1. The van der Waals surface area contributed by atoms with Crippen LogP contribution in [0, 0.1) is 0 Å². The van der Waals surface area contributed by atoms with E-state index in [0.717, 1.165) is 0 Å². The molecule has 0 radical (unpaired) electrons. The molecule has 1 amide bonds. The highest BCUT2D eigenvalue weighted by molar-refractivity contribution is 5.88. The van der Waals surface area contributed by atoms with E-state index in [1.807, 2.05) is 0 Å². The number of likely N-dealkylation sites (N-methyl/N-ethyl adjacent to an activating group) is 1. The maximum absolute atomic E-state index is 10.7. The minimum absolute atomic E-state index is 0.116. The third-order valence-corrected chi connectivity index (χ3v) is 1.40. The molecule has 56 valence electrons. The Hall–Kier alpha value is -1.06. The maximum Gasteiger partial charge on any atom is 0.303 e. The largest absolute Gasteiger partial charge is 0.451 e. The summed E-state index contributed by atoms with van der Waals surface area (Å²) in [5, 5.41) is 0.